The van der Waals surface area contributed by atoms with Crippen LogP contribution in [0, 0.1) is 11.8 Å². The summed E-state index contributed by atoms with van der Waals surface area (Å²) < 4.78 is 0. The van der Waals surface area contributed by atoms with E-state index >= 15 is 0 Å². The molecular weight excluding hydrogens is 228 g/mol. The Morgan fingerprint density at radius 2 is 1.83 bits per heavy atom. The first-order chi connectivity index (χ1) is 8.54. The molecule has 2 amide bonds. The van der Waals surface area contributed by atoms with Gasteiger partial charge in [-0.25, -0.2) is 0 Å². The molecule has 0 atom stereocenters. The summed E-state index contributed by atoms with van der Waals surface area (Å²) in [4.78, 5) is 24.5. The lowest BCUT2D eigenvalue weighted by molar-refractivity contribution is -0.135. The Hall–Kier alpha value is -1.06. The lowest BCUT2D eigenvalue weighted by Gasteiger charge is -2.30. The first-order valence-electron chi connectivity index (χ1n) is 7.07. The molecule has 0 aliphatic heterocycles. The summed E-state index contributed by atoms with van der Waals surface area (Å²) in [5.41, 5.74) is 5.09. The van der Waals surface area contributed by atoms with Crippen molar-refractivity contribution in [1.29, 1.82) is 0 Å². The van der Waals surface area contributed by atoms with Crippen LogP contribution in [0.15, 0.2) is 0 Å². The van der Waals surface area contributed by atoms with E-state index in [9.17, 15) is 9.59 Å². The Labute approximate surface area is 110 Å². The zero-order valence-corrected chi connectivity index (χ0v) is 11.7. The van der Waals surface area contributed by atoms with Crippen LogP contribution >= 0.6 is 0 Å². The van der Waals surface area contributed by atoms with Crippen LogP contribution in [0.1, 0.15) is 51.9 Å². The number of carbonyl (C=O) groups is 2. The molecule has 0 radical (unpaired) electrons. The summed E-state index contributed by atoms with van der Waals surface area (Å²) in [6.45, 7) is 2.66. The summed E-state index contributed by atoms with van der Waals surface area (Å²) in [7, 11) is 1.77. The van der Waals surface area contributed by atoms with Gasteiger partial charge < -0.3 is 10.6 Å². The summed E-state index contributed by atoms with van der Waals surface area (Å²) in [6, 6.07) is 0. The third-order valence-electron chi connectivity index (χ3n) is 3.96. The van der Waals surface area contributed by atoms with Crippen molar-refractivity contribution in [2.24, 2.45) is 17.6 Å². The summed E-state index contributed by atoms with van der Waals surface area (Å²) in [6.07, 6.45) is 7.14. The van der Waals surface area contributed by atoms with Crippen molar-refractivity contribution in [3.63, 3.8) is 0 Å². The fraction of sp³-hybridized carbons (Fsp3) is 0.857. The highest BCUT2D eigenvalue weighted by atomic mass is 16.2. The van der Waals surface area contributed by atoms with E-state index in [2.05, 4.69) is 6.92 Å². The average Bonchev–Trinajstić information content (AvgIpc) is 2.36. The fourth-order valence-electron chi connectivity index (χ4n) is 2.81. The monoisotopic (exact) mass is 254 g/mol. The van der Waals surface area contributed by atoms with Crippen LogP contribution in [0.3, 0.4) is 0 Å². The van der Waals surface area contributed by atoms with E-state index in [1.165, 1.54) is 25.7 Å². The van der Waals surface area contributed by atoms with Gasteiger partial charge in [-0.15, -0.1) is 0 Å². The molecule has 0 bridgehead atoms. The highest BCUT2D eigenvalue weighted by molar-refractivity contribution is 5.80. The number of amides is 2. The molecule has 4 nitrogen and oxygen atoms in total. The number of hydrogen-bond acceptors (Lipinski definition) is 2. The molecule has 1 rings (SSSR count). The van der Waals surface area contributed by atoms with Gasteiger partial charge in [-0.1, -0.05) is 19.8 Å². The third-order valence-corrected chi connectivity index (χ3v) is 3.96. The minimum absolute atomic E-state index is 0.163. The molecule has 1 fully saturated rings. The van der Waals surface area contributed by atoms with Gasteiger partial charge >= 0.3 is 0 Å². The van der Waals surface area contributed by atoms with Crippen LogP contribution in [-0.2, 0) is 9.59 Å². The van der Waals surface area contributed by atoms with Crippen molar-refractivity contribution < 1.29 is 9.59 Å². The van der Waals surface area contributed by atoms with Crippen molar-refractivity contribution in [3.05, 3.63) is 0 Å². The van der Waals surface area contributed by atoms with Crippen LogP contribution in [0.2, 0.25) is 0 Å². The molecular formula is C14H26N2O2. The molecule has 0 saturated heterocycles. The van der Waals surface area contributed by atoms with Crippen molar-refractivity contribution in [2.45, 2.75) is 51.9 Å². The van der Waals surface area contributed by atoms with Gasteiger partial charge in [0.15, 0.2) is 0 Å². The number of primary amides is 1. The highest BCUT2D eigenvalue weighted by Crippen LogP contribution is 2.32. The van der Waals surface area contributed by atoms with Crippen LogP contribution < -0.4 is 5.73 Å². The van der Waals surface area contributed by atoms with E-state index in [0.717, 1.165) is 18.8 Å². The minimum Gasteiger partial charge on any atom is -0.370 e. The van der Waals surface area contributed by atoms with Gasteiger partial charge in [-0.3, -0.25) is 9.59 Å². The van der Waals surface area contributed by atoms with Crippen LogP contribution in [-0.4, -0.2) is 30.3 Å². The second kappa shape index (κ2) is 7.39. The molecule has 0 aromatic heterocycles. The smallest absolute Gasteiger partial charge is 0.225 e. The number of nitrogens with two attached hydrogens (primary N) is 1. The van der Waals surface area contributed by atoms with Crippen molar-refractivity contribution >= 4 is 11.8 Å². The SMILES string of the molecule is CCCC1CCC(C(=O)N(C)CCC(N)=O)CC1. The lowest BCUT2D eigenvalue weighted by Crippen LogP contribution is -2.36. The van der Waals surface area contributed by atoms with Crippen molar-refractivity contribution in [1.82, 2.24) is 4.90 Å². The number of nitrogens with zero attached hydrogens (tertiary/aromatic N) is 1. The number of carbonyl (C=O) groups excluding carboxylic acids is 2. The number of rotatable bonds is 6. The molecule has 0 unspecified atom stereocenters. The Bertz CT molecular complexity index is 284. The summed E-state index contributed by atoms with van der Waals surface area (Å²) in [5, 5.41) is 0. The quantitative estimate of drug-likeness (QED) is 0.787. The molecule has 0 spiro atoms. The molecule has 4 heteroatoms. The summed E-state index contributed by atoms with van der Waals surface area (Å²) in [5.74, 6) is 0.818. The van der Waals surface area contributed by atoms with Gasteiger partial charge in [0.1, 0.15) is 0 Å². The number of hydrogen-bond donors (Lipinski definition) is 1. The summed E-state index contributed by atoms with van der Waals surface area (Å²) >= 11 is 0. The van der Waals surface area contributed by atoms with Crippen LogP contribution in [0.5, 0.6) is 0 Å². The van der Waals surface area contributed by atoms with Crippen LogP contribution in [0.25, 0.3) is 0 Å². The van der Waals surface area contributed by atoms with Gasteiger partial charge in [0.25, 0.3) is 0 Å². The molecule has 1 aliphatic carbocycles. The Morgan fingerprint density at radius 3 is 2.33 bits per heavy atom. The molecule has 1 saturated carbocycles. The molecule has 2 N–H and O–H groups in total. The minimum atomic E-state index is -0.346. The maximum atomic E-state index is 12.1. The van der Waals surface area contributed by atoms with Crippen molar-refractivity contribution in [2.75, 3.05) is 13.6 Å². The second-order valence-corrected chi connectivity index (χ2v) is 5.48. The Morgan fingerprint density at radius 1 is 1.22 bits per heavy atom. The maximum Gasteiger partial charge on any atom is 0.225 e. The predicted octanol–water partition coefficient (Wildman–Crippen LogP) is 1.93. The third kappa shape index (κ3) is 4.67. The average molecular weight is 254 g/mol. The molecule has 0 aromatic rings. The molecule has 104 valence electrons. The Balaban J connectivity index is 2.32. The van der Waals surface area contributed by atoms with E-state index in [0.29, 0.717) is 6.54 Å². The molecule has 1 aliphatic rings. The molecule has 18 heavy (non-hydrogen) atoms. The van der Waals surface area contributed by atoms with E-state index in [4.69, 9.17) is 5.73 Å². The zero-order valence-electron chi connectivity index (χ0n) is 11.7. The molecule has 0 heterocycles. The van der Waals surface area contributed by atoms with E-state index in [-0.39, 0.29) is 24.2 Å². The van der Waals surface area contributed by atoms with Gasteiger partial charge in [-0.05, 0) is 31.6 Å². The van der Waals surface area contributed by atoms with E-state index in [1.54, 1.807) is 11.9 Å². The van der Waals surface area contributed by atoms with Gasteiger partial charge in [0, 0.05) is 25.9 Å². The normalized spacial score (nSPS) is 23.7. The van der Waals surface area contributed by atoms with Crippen LogP contribution in [0.4, 0.5) is 0 Å². The van der Waals surface area contributed by atoms with E-state index < -0.39 is 0 Å². The standard InChI is InChI=1S/C14H26N2O2/c1-3-4-11-5-7-12(8-6-11)14(18)16(2)10-9-13(15)17/h11-12H,3-10H2,1-2H3,(H2,15,17). The first-order valence-corrected chi connectivity index (χ1v) is 7.07. The largest absolute Gasteiger partial charge is 0.370 e. The van der Waals surface area contributed by atoms with Gasteiger partial charge in [-0.2, -0.15) is 0 Å². The maximum absolute atomic E-state index is 12.1. The van der Waals surface area contributed by atoms with E-state index in [1.807, 2.05) is 0 Å². The highest BCUT2D eigenvalue weighted by Gasteiger charge is 2.27. The molecule has 0 aromatic carbocycles. The van der Waals surface area contributed by atoms with Crippen molar-refractivity contribution in [3.8, 4) is 0 Å². The topological polar surface area (TPSA) is 63.4 Å². The lowest BCUT2D eigenvalue weighted by atomic mass is 9.79. The Kier molecular flexibility index (Phi) is 6.16. The van der Waals surface area contributed by atoms with Gasteiger partial charge in [0.2, 0.25) is 11.8 Å². The predicted molar refractivity (Wildman–Crippen MR) is 71.8 cm³/mol. The van der Waals surface area contributed by atoms with Gasteiger partial charge in [0.05, 0.1) is 0 Å². The first kappa shape index (κ1) is 15.0. The zero-order chi connectivity index (χ0) is 13.5. The second-order valence-electron chi connectivity index (χ2n) is 5.48. The fourth-order valence-corrected chi connectivity index (χ4v) is 2.81.